The fraction of sp³-hybridized carbons (Fsp3) is 0.286. The van der Waals surface area contributed by atoms with Gasteiger partial charge in [-0.1, -0.05) is 6.92 Å². The summed E-state index contributed by atoms with van der Waals surface area (Å²) in [5, 5.41) is 5.17. The number of benzene rings is 1. The minimum Gasteiger partial charge on any atom is -0.382 e. The SMILES string of the molecule is CCCNc1cc2c3c(ccn2C)cnc3c1=O. The van der Waals surface area contributed by atoms with Crippen molar-refractivity contribution in [2.45, 2.75) is 13.3 Å². The van der Waals surface area contributed by atoms with Crippen molar-refractivity contribution < 1.29 is 0 Å². The molecule has 0 fully saturated rings. The average molecular weight is 241 g/mol. The Hall–Kier alpha value is -2.10. The number of nitrogens with one attached hydrogen (secondary N) is 1. The highest BCUT2D eigenvalue weighted by Gasteiger charge is 2.13. The van der Waals surface area contributed by atoms with Gasteiger partial charge in [0.2, 0.25) is 5.43 Å². The summed E-state index contributed by atoms with van der Waals surface area (Å²) in [5.41, 5.74) is 2.25. The molecule has 0 radical (unpaired) electrons. The Morgan fingerprint density at radius 1 is 1.44 bits per heavy atom. The molecule has 0 atom stereocenters. The summed E-state index contributed by atoms with van der Waals surface area (Å²) >= 11 is 0. The summed E-state index contributed by atoms with van der Waals surface area (Å²) in [7, 11) is 1.98. The second kappa shape index (κ2) is 3.98. The van der Waals surface area contributed by atoms with Crippen molar-refractivity contribution in [2.24, 2.45) is 7.05 Å². The quantitative estimate of drug-likeness (QED) is 0.765. The zero-order chi connectivity index (χ0) is 12.7. The summed E-state index contributed by atoms with van der Waals surface area (Å²) in [6, 6.07) is 3.91. The van der Waals surface area contributed by atoms with Crippen LogP contribution in [0.3, 0.4) is 0 Å². The van der Waals surface area contributed by atoms with Gasteiger partial charge in [0.15, 0.2) is 0 Å². The van der Waals surface area contributed by atoms with Gasteiger partial charge in [-0.25, -0.2) is 0 Å². The molecule has 1 aromatic carbocycles. The van der Waals surface area contributed by atoms with E-state index >= 15 is 0 Å². The average Bonchev–Trinajstić information content (AvgIpc) is 2.80. The number of anilines is 1. The molecule has 0 unspecified atom stereocenters. The smallest absolute Gasteiger partial charge is 0.227 e. The van der Waals surface area contributed by atoms with Crippen molar-refractivity contribution in [3.63, 3.8) is 0 Å². The molecule has 0 spiro atoms. The Morgan fingerprint density at radius 3 is 3.06 bits per heavy atom. The van der Waals surface area contributed by atoms with Crippen molar-refractivity contribution in [1.82, 2.24) is 9.55 Å². The molecule has 0 aliphatic carbocycles. The molecule has 3 aromatic rings. The van der Waals surface area contributed by atoms with E-state index in [0.29, 0.717) is 11.2 Å². The van der Waals surface area contributed by atoms with E-state index in [4.69, 9.17) is 0 Å². The third-order valence-electron chi connectivity index (χ3n) is 3.28. The summed E-state index contributed by atoms with van der Waals surface area (Å²) in [5.74, 6) is 0. The van der Waals surface area contributed by atoms with Gasteiger partial charge in [0.05, 0.1) is 11.2 Å². The molecule has 2 aromatic heterocycles. The molecule has 18 heavy (non-hydrogen) atoms. The number of pyridine rings is 1. The van der Waals surface area contributed by atoms with E-state index in [9.17, 15) is 4.79 Å². The first kappa shape index (κ1) is 11.0. The summed E-state index contributed by atoms with van der Waals surface area (Å²) in [6.45, 7) is 2.88. The Bertz CT molecular complexity index is 760. The normalized spacial score (nSPS) is 11.4. The van der Waals surface area contributed by atoms with Gasteiger partial charge in [-0.15, -0.1) is 0 Å². The minimum absolute atomic E-state index is 0.00264. The van der Waals surface area contributed by atoms with Crippen LogP contribution in [0.25, 0.3) is 21.8 Å². The fourth-order valence-corrected chi connectivity index (χ4v) is 2.31. The summed E-state index contributed by atoms with van der Waals surface area (Å²) < 4.78 is 2.02. The number of hydrogen-bond acceptors (Lipinski definition) is 3. The van der Waals surface area contributed by atoms with E-state index in [1.54, 1.807) is 6.20 Å². The van der Waals surface area contributed by atoms with Crippen LogP contribution in [0.4, 0.5) is 5.69 Å². The first-order chi connectivity index (χ1) is 8.72. The topological polar surface area (TPSA) is 46.9 Å². The van der Waals surface area contributed by atoms with Crippen molar-refractivity contribution in [3.05, 3.63) is 34.7 Å². The first-order valence-corrected chi connectivity index (χ1v) is 6.16. The Balaban J connectivity index is 2.37. The highest BCUT2D eigenvalue weighted by Crippen LogP contribution is 2.25. The lowest BCUT2D eigenvalue weighted by Crippen LogP contribution is -2.13. The number of hydrogen-bond donors (Lipinski definition) is 1. The van der Waals surface area contributed by atoms with Gasteiger partial charge in [0.1, 0.15) is 5.52 Å². The molecule has 3 rings (SSSR count). The molecular formula is C14H15N3O. The highest BCUT2D eigenvalue weighted by atomic mass is 16.1. The summed E-state index contributed by atoms with van der Waals surface area (Å²) in [6.07, 6.45) is 4.75. The zero-order valence-corrected chi connectivity index (χ0v) is 10.5. The van der Waals surface area contributed by atoms with Crippen LogP contribution >= 0.6 is 0 Å². The monoisotopic (exact) mass is 241 g/mol. The lowest BCUT2D eigenvalue weighted by molar-refractivity contribution is 0.953. The van der Waals surface area contributed by atoms with Gasteiger partial charge in [0, 0.05) is 36.8 Å². The van der Waals surface area contributed by atoms with E-state index in [1.165, 1.54) is 0 Å². The maximum absolute atomic E-state index is 12.3. The molecule has 4 nitrogen and oxygen atoms in total. The van der Waals surface area contributed by atoms with Crippen molar-refractivity contribution in [2.75, 3.05) is 11.9 Å². The van der Waals surface area contributed by atoms with Crippen LogP contribution in [-0.4, -0.2) is 16.1 Å². The van der Waals surface area contributed by atoms with Crippen molar-refractivity contribution in [3.8, 4) is 0 Å². The number of nitrogens with zero attached hydrogens (tertiary/aromatic N) is 2. The van der Waals surface area contributed by atoms with E-state index < -0.39 is 0 Å². The van der Waals surface area contributed by atoms with E-state index in [2.05, 4.69) is 17.2 Å². The molecule has 1 N–H and O–H groups in total. The van der Waals surface area contributed by atoms with Gasteiger partial charge in [0.25, 0.3) is 0 Å². The van der Waals surface area contributed by atoms with Gasteiger partial charge in [-0.05, 0) is 18.6 Å². The third kappa shape index (κ3) is 1.45. The predicted molar refractivity (Wildman–Crippen MR) is 74.5 cm³/mol. The van der Waals surface area contributed by atoms with Crippen LogP contribution in [0.5, 0.6) is 0 Å². The molecule has 0 bridgehead atoms. The number of aromatic nitrogens is 2. The van der Waals surface area contributed by atoms with Crippen LogP contribution in [0.15, 0.2) is 29.3 Å². The molecule has 2 heterocycles. The van der Waals surface area contributed by atoms with Crippen LogP contribution in [-0.2, 0) is 7.05 Å². The number of rotatable bonds is 3. The van der Waals surface area contributed by atoms with Crippen LogP contribution < -0.4 is 10.7 Å². The molecule has 0 aliphatic heterocycles. The summed E-state index contributed by atoms with van der Waals surface area (Å²) in [4.78, 5) is 16.5. The number of aryl methyl sites for hydroxylation is 1. The van der Waals surface area contributed by atoms with Gasteiger partial charge < -0.3 is 9.88 Å². The molecule has 0 saturated heterocycles. The molecule has 4 heteroatoms. The van der Waals surface area contributed by atoms with Crippen molar-refractivity contribution in [1.29, 1.82) is 0 Å². The molecular weight excluding hydrogens is 226 g/mol. The van der Waals surface area contributed by atoms with Crippen LogP contribution in [0, 0.1) is 0 Å². The third-order valence-corrected chi connectivity index (χ3v) is 3.28. The maximum Gasteiger partial charge on any atom is 0.227 e. The standard InChI is InChI=1S/C14H15N3O/c1-3-5-15-10-7-11-12-9(4-6-17(11)2)8-16-13(12)14(10)18/h4,6-8,15H,3,5H2,1-2H3. The lowest BCUT2D eigenvalue weighted by Gasteiger charge is -2.09. The lowest BCUT2D eigenvalue weighted by atomic mass is 10.1. The Kier molecular flexibility index (Phi) is 2.44. The molecule has 0 amide bonds. The van der Waals surface area contributed by atoms with Gasteiger partial charge in [-0.2, -0.15) is 0 Å². The van der Waals surface area contributed by atoms with E-state index in [-0.39, 0.29) is 5.43 Å². The van der Waals surface area contributed by atoms with Gasteiger partial charge >= 0.3 is 0 Å². The Morgan fingerprint density at radius 2 is 2.28 bits per heavy atom. The molecule has 92 valence electrons. The van der Waals surface area contributed by atoms with Crippen LogP contribution in [0.1, 0.15) is 13.3 Å². The predicted octanol–water partition coefficient (Wildman–Crippen LogP) is 2.35. The Labute approximate surface area is 105 Å². The largest absolute Gasteiger partial charge is 0.382 e. The second-order valence-electron chi connectivity index (χ2n) is 4.56. The second-order valence-corrected chi connectivity index (χ2v) is 4.56. The van der Waals surface area contributed by atoms with E-state index in [1.807, 2.05) is 29.9 Å². The molecule has 0 aliphatic rings. The maximum atomic E-state index is 12.3. The highest BCUT2D eigenvalue weighted by molar-refractivity contribution is 6.09. The van der Waals surface area contributed by atoms with Gasteiger partial charge in [-0.3, -0.25) is 9.78 Å². The first-order valence-electron chi connectivity index (χ1n) is 6.16. The molecule has 0 saturated carbocycles. The van der Waals surface area contributed by atoms with Crippen LogP contribution in [0.2, 0.25) is 0 Å². The van der Waals surface area contributed by atoms with E-state index in [0.717, 1.165) is 29.3 Å². The zero-order valence-electron chi connectivity index (χ0n) is 10.5. The minimum atomic E-state index is -0.00264. The van der Waals surface area contributed by atoms with Crippen molar-refractivity contribution >= 4 is 27.5 Å². The fourth-order valence-electron chi connectivity index (χ4n) is 2.31.